The van der Waals surface area contributed by atoms with Crippen molar-refractivity contribution in [1.29, 1.82) is 0 Å². The van der Waals surface area contributed by atoms with Gasteiger partial charge in [0.1, 0.15) is 17.2 Å². The van der Waals surface area contributed by atoms with Crippen molar-refractivity contribution < 1.29 is 23.9 Å². The van der Waals surface area contributed by atoms with Crippen LogP contribution >= 0.6 is 11.3 Å². The highest BCUT2D eigenvalue weighted by atomic mass is 32.1. The van der Waals surface area contributed by atoms with Gasteiger partial charge in [0.05, 0.1) is 12.1 Å². The molecule has 0 aliphatic heterocycles. The second-order valence-corrected chi connectivity index (χ2v) is 6.09. The molecule has 0 atom stereocenters. The Morgan fingerprint density at radius 1 is 1.12 bits per heavy atom. The van der Waals surface area contributed by atoms with E-state index in [1.165, 1.54) is 21.0 Å². The van der Waals surface area contributed by atoms with Crippen LogP contribution in [0.3, 0.4) is 0 Å². The van der Waals surface area contributed by atoms with Gasteiger partial charge in [-0.15, -0.1) is 11.3 Å². The summed E-state index contributed by atoms with van der Waals surface area (Å²) >= 11 is 1.13. The SMILES string of the molecule is COc1ccc(C(C)=O)cc1COC(=O)c1ccc(NC(C)=O)s1. The number of thiophene rings is 1. The number of esters is 1. The molecule has 7 heteroatoms. The van der Waals surface area contributed by atoms with Crippen LogP contribution in [0.5, 0.6) is 5.75 Å². The molecule has 0 bridgehead atoms. The number of ether oxygens (including phenoxy) is 2. The van der Waals surface area contributed by atoms with Gasteiger partial charge in [-0.1, -0.05) is 0 Å². The number of amides is 1. The maximum atomic E-state index is 12.1. The molecule has 1 aromatic carbocycles. The lowest BCUT2D eigenvalue weighted by molar-refractivity contribution is -0.114. The van der Waals surface area contributed by atoms with E-state index in [9.17, 15) is 14.4 Å². The molecule has 0 radical (unpaired) electrons. The molecule has 0 saturated carbocycles. The predicted molar refractivity (Wildman–Crippen MR) is 90.7 cm³/mol. The van der Waals surface area contributed by atoms with Crippen molar-refractivity contribution in [2.24, 2.45) is 0 Å². The number of hydrogen-bond donors (Lipinski definition) is 1. The molecule has 2 aromatic rings. The second kappa shape index (κ2) is 7.74. The van der Waals surface area contributed by atoms with Crippen LogP contribution in [0.4, 0.5) is 5.00 Å². The first kappa shape index (κ1) is 17.7. The zero-order chi connectivity index (χ0) is 17.7. The number of anilines is 1. The van der Waals surface area contributed by atoms with Gasteiger partial charge in [-0.25, -0.2) is 4.79 Å². The third-order valence-electron chi connectivity index (χ3n) is 3.15. The molecule has 2 rings (SSSR count). The lowest BCUT2D eigenvalue weighted by Gasteiger charge is -2.10. The highest BCUT2D eigenvalue weighted by molar-refractivity contribution is 7.18. The van der Waals surface area contributed by atoms with E-state index in [-0.39, 0.29) is 18.3 Å². The van der Waals surface area contributed by atoms with E-state index >= 15 is 0 Å². The fraction of sp³-hybridized carbons (Fsp3) is 0.235. The van der Waals surface area contributed by atoms with Gasteiger partial charge in [0, 0.05) is 18.1 Å². The van der Waals surface area contributed by atoms with Crippen molar-refractivity contribution in [2.45, 2.75) is 20.5 Å². The minimum Gasteiger partial charge on any atom is -0.496 e. The topological polar surface area (TPSA) is 81.7 Å². The number of ketones is 1. The largest absolute Gasteiger partial charge is 0.496 e. The third kappa shape index (κ3) is 4.42. The fourth-order valence-corrected chi connectivity index (χ4v) is 2.86. The standard InChI is InChI=1S/C17H17NO5S/c1-10(19)12-4-5-14(22-3)13(8-12)9-23-17(21)15-6-7-16(24-15)18-11(2)20/h4-8H,9H2,1-3H3,(H,18,20). The highest BCUT2D eigenvalue weighted by Crippen LogP contribution is 2.25. The second-order valence-electron chi connectivity index (χ2n) is 5.00. The van der Waals surface area contributed by atoms with Crippen molar-refractivity contribution >= 4 is 34.0 Å². The van der Waals surface area contributed by atoms with E-state index in [1.807, 2.05) is 0 Å². The fourth-order valence-electron chi connectivity index (χ4n) is 2.01. The first-order valence-corrected chi connectivity index (χ1v) is 7.94. The van der Waals surface area contributed by atoms with Crippen LogP contribution in [0.25, 0.3) is 0 Å². The number of rotatable bonds is 6. The number of methoxy groups -OCH3 is 1. The third-order valence-corrected chi connectivity index (χ3v) is 4.13. The molecule has 0 saturated heterocycles. The van der Waals surface area contributed by atoms with Crippen molar-refractivity contribution in [2.75, 3.05) is 12.4 Å². The Hall–Kier alpha value is -2.67. The van der Waals surface area contributed by atoms with Gasteiger partial charge in [0.25, 0.3) is 0 Å². The molecule has 126 valence electrons. The maximum absolute atomic E-state index is 12.1. The summed E-state index contributed by atoms with van der Waals surface area (Å²) in [6.45, 7) is 2.84. The van der Waals surface area contributed by atoms with Crippen LogP contribution < -0.4 is 10.1 Å². The van der Waals surface area contributed by atoms with Gasteiger partial charge < -0.3 is 14.8 Å². The van der Waals surface area contributed by atoms with Crippen molar-refractivity contribution in [1.82, 2.24) is 0 Å². The van der Waals surface area contributed by atoms with Gasteiger partial charge in [-0.3, -0.25) is 9.59 Å². The Morgan fingerprint density at radius 2 is 1.88 bits per heavy atom. The lowest BCUT2D eigenvalue weighted by Crippen LogP contribution is -2.06. The van der Waals surface area contributed by atoms with Gasteiger partial charge in [-0.05, 0) is 37.3 Å². The van der Waals surface area contributed by atoms with Crippen LogP contribution in [-0.4, -0.2) is 24.8 Å². The summed E-state index contributed by atoms with van der Waals surface area (Å²) in [6, 6.07) is 8.19. The summed E-state index contributed by atoms with van der Waals surface area (Å²) in [5.41, 5.74) is 1.13. The normalized spacial score (nSPS) is 10.1. The molecule has 0 aliphatic rings. The molecular formula is C17H17NO5S. The number of Topliss-reactive ketones (excluding diaryl/α,β-unsaturated/α-hetero) is 1. The molecule has 1 N–H and O–H groups in total. The molecule has 0 aliphatic carbocycles. The van der Waals surface area contributed by atoms with Gasteiger partial charge in [0.2, 0.25) is 5.91 Å². The number of carbonyl (C=O) groups is 3. The molecule has 6 nitrogen and oxygen atoms in total. The van der Waals surface area contributed by atoms with Crippen molar-refractivity contribution in [3.8, 4) is 5.75 Å². The average Bonchev–Trinajstić information content (AvgIpc) is 2.99. The molecular weight excluding hydrogens is 330 g/mol. The zero-order valence-electron chi connectivity index (χ0n) is 13.5. The van der Waals surface area contributed by atoms with E-state index < -0.39 is 5.97 Å². The predicted octanol–water partition coefficient (Wildman–Crippen LogP) is 3.27. The average molecular weight is 347 g/mol. The monoisotopic (exact) mass is 347 g/mol. The minimum absolute atomic E-state index is 0.0174. The van der Waals surface area contributed by atoms with Gasteiger partial charge in [-0.2, -0.15) is 0 Å². The Kier molecular flexibility index (Phi) is 5.70. The van der Waals surface area contributed by atoms with E-state index in [1.54, 1.807) is 30.3 Å². The Bertz CT molecular complexity index is 781. The smallest absolute Gasteiger partial charge is 0.348 e. The Balaban J connectivity index is 2.08. The summed E-state index contributed by atoms with van der Waals surface area (Å²) < 4.78 is 10.5. The quantitative estimate of drug-likeness (QED) is 0.640. The van der Waals surface area contributed by atoms with E-state index in [4.69, 9.17) is 9.47 Å². The molecule has 0 spiro atoms. The summed E-state index contributed by atoms with van der Waals surface area (Å²) in [4.78, 5) is 34.9. The highest BCUT2D eigenvalue weighted by Gasteiger charge is 2.14. The van der Waals surface area contributed by atoms with Gasteiger partial charge >= 0.3 is 5.97 Å². The number of nitrogens with one attached hydrogen (secondary N) is 1. The Morgan fingerprint density at radius 3 is 2.50 bits per heavy atom. The van der Waals surface area contributed by atoms with Crippen LogP contribution in [0.1, 0.15) is 39.4 Å². The number of hydrogen-bond acceptors (Lipinski definition) is 6. The van der Waals surface area contributed by atoms with Crippen LogP contribution in [0, 0.1) is 0 Å². The molecule has 1 heterocycles. The van der Waals surface area contributed by atoms with Crippen molar-refractivity contribution in [3.63, 3.8) is 0 Å². The van der Waals surface area contributed by atoms with E-state index in [2.05, 4.69) is 5.32 Å². The Labute approximate surface area is 143 Å². The number of carbonyl (C=O) groups excluding carboxylic acids is 3. The molecule has 0 fully saturated rings. The van der Waals surface area contributed by atoms with E-state index in [0.29, 0.717) is 26.8 Å². The minimum atomic E-state index is -0.508. The molecule has 1 aromatic heterocycles. The van der Waals surface area contributed by atoms with Crippen LogP contribution in [-0.2, 0) is 16.1 Å². The summed E-state index contributed by atoms with van der Waals surface area (Å²) in [5.74, 6) is -0.254. The zero-order valence-corrected chi connectivity index (χ0v) is 14.4. The number of benzene rings is 1. The van der Waals surface area contributed by atoms with Crippen LogP contribution in [0.2, 0.25) is 0 Å². The lowest BCUT2D eigenvalue weighted by atomic mass is 10.1. The summed E-state index contributed by atoms with van der Waals surface area (Å²) in [5, 5.41) is 3.18. The molecule has 1 amide bonds. The van der Waals surface area contributed by atoms with Gasteiger partial charge in [0.15, 0.2) is 5.78 Å². The molecule has 24 heavy (non-hydrogen) atoms. The molecule has 0 unspecified atom stereocenters. The first-order chi connectivity index (χ1) is 11.4. The van der Waals surface area contributed by atoms with Crippen LogP contribution in [0.15, 0.2) is 30.3 Å². The first-order valence-electron chi connectivity index (χ1n) is 7.13. The summed E-state index contributed by atoms with van der Waals surface area (Å²) in [6.07, 6.45) is 0. The van der Waals surface area contributed by atoms with E-state index in [0.717, 1.165) is 11.3 Å². The van der Waals surface area contributed by atoms with Crippen molar-refractivity contribution in [3.05, 3.63) is 46.3 Å². The maximum Gasteiger partial charge on any atom is 0.348 e. The summed E-state index contributed by atoms with van der Waals surface area (Å²) in [7, 11) is 1.51.